The van der Waals surface area contributed by atoms with E-state index in [9.17, 15) is 14.0 Å². The standard InChI is InChI=1S/C16H19FN4O2/c1-20-14-10-21(7-5-13(14)16(23)19-20)8-6-15(22)18-12-4-2-3-11(17)9-12/h2-4,9H,5-8,10H2,1H3,(H,18,22)(H,19,23). The summed E-state index contributed by atoms with van der Waals surface area (Å²) in [6.45, 7) is 2.01. The molecule has 2 aromatic rings. The van der Waals surface area contributed by atoms with Crippen molar-refractivity contribution in [2.75, 3.05) is 18.4 Å². The number of carbonyl (C=O) groups is 1. The van der Waals surface area contributed by atoms with Gasteiger partial charge in [-0.3, -0.25) is 24.3 Å². The van der Waals surface area contributed by atoms with Gasteiger partial charge in [0.1, 0.15) is 5.82 Å². The molecule has 0 saturated heterocycles. The average molecular weight is 318 g/mol. The smallest absolute Gasteiger partial charge is 0.267 e. The second-order valence-corrected chi connectivity index (χ2v) is 5.76. The molecule has 0 bridgehead atoms. The summed E-state index contributed by atoms with van der Waals surface area (Å²) in [5, 5.41) is 5.45. The fraction of sp³-hybridized carbons (Fsp3) is 0.375. The van der Waals surface area contributed by atoms with E-state index in [0.29, 0.717) is 31.6 Å². The van der Waals surface area contributed by atoms with E-state index in [2.05, 4.69) is 15.3 Å². The zero-order valence-electron chi connectivity index (χ0n) is 12.9. The fourth-order valence-electron chi connectivity index (χ4n) is 2.88. The first-order valence-electron chi connectivity index (χ1n) is 7.57. The van der Waals surface area contributed by atoms with Crippen LogP contribution in [0.2, 0.25) is 0 Å². The van der Waals surface area contributed by atoms with Gasteiger partial charge in [0.2, 0.25) is 5.91 Å². The van der Waals surface area contributed by atoms with E-state index in [1.807, 2.05) is 7.05 Å². The van der Waals surface area contributed by atoms with Crippen LogP contribution in [0, 0.1) is 5.82 Å². The number of aromatic nitrogens is 2. The number of benzene rings is 1. The Bertz CT molecular complexity index is 781. The van der Waals surface area contributed by atoms with Crippen molar-refractivity contribution in [3.05, 3.63) is 51.7 Å². The lowest BCUT2D eigenvalue weighted by molar-refractivity contribution is -0.116. The molecule has 6 nitrogen and oxygen atoms in total. The Hall–Kier alpha value is -2.41. The molecular weight excluding hydrogens is 299 g/mol. The fourth-order valence-corrected chi connectivity index (χ4v) is 2.88. The Balaban J connectivity index is 1.54. The normalized spacial score (nSPS) is 14.5. The van der Waals surface area contributed by atoms with Crippen molar-refractivity contribution < 1.29 is 9.18 Å². The zero-order chi connectivity index (χ0) is 16.4. The minimum Gasteiger partial charge on any atom is -0.326 e. The highest BCUT2D eigenvalue weighted by molar-refractivity contribution is 5.90. The van der Waals surface area contributed by atoms with E-state index in [1.54, 1.807) is 16.8 Å². The molecule has 2 N–H and O–H groups in total. The third-order valence-electron chi connectivity index (χ3n) is 4.11. The van der Waals surface area contributed by atoms with Crippen molar-refractivity contribution in [2.45, 2.75) is 19.4 Å². The molecule has 1 amide bonds. The summed E-state index contributed by atoms with van der Waals surface area (Å²) in [5.74, 6) is -0.524. The Morgan fingerprint density at radius 1 is 1.43 bits per heavy atom. The number of halogens is 1. The first-order chi connectivity index (χ1) is 11.0. The van der Waals surface area contributed by atoms with Gasteiger partial charge < -0.3 is 5.32 Å². The number of anilines is 1. The molecule has 23 heavy (non-hydrogen) atoms. The van der Waals surface area contributed by atoms with Crippen molar-refractivity contribution in [3.8, 4) is 0 Å². The highest BCUT2D eigenvalue weighted by Gasteiger charge is 2.22. The summed E-state index contributed by atoms with van der Waals surface area (Å²) in [4.78, 5) is 25.8. The number of aryl methyl sites for hydroxylation is 1. The molecule has 3 rings (SSSR count). The minimum atomic E-state index is -0.375. The average Bonchev–Trinajstić information content (AvgIpc) is 2.80. The van der Waals surface area contributed by atoms with Crippen molar-refractivity contribution in [3.63, 3.8) is 0 Å². The van der Waals surface area contributed by atoms with E-state index in [0.717, 1.165) is 17.8 Å². The summed E-state index contributed by atoms with van der Waals surface area (Å²) < 4.78 is 14.8. The van der Waals surface area contributed by atoms with Gasteiger partial charge in [-0.05, 0) is 24.6 Å². The number of H-pyrrole nitrogens is 1. The summed E-state index contributed by atoms with van der Waals surface area (Å²) in [7, 11) is 1.82. The highest BCUT2D eigenvalue weighted by atomic mass is 19.1. The van der Waals surface area contributed by atoms with Gasteiger partial charge in [-0.15, -0.1) is 0 Å². The molecule has 0 radical (unpaired) electrons. The Labute approximate surface area is 132 Å². The van der Waals surface area contributed by atoms with Gasteiger partial charge in [0, 0.05) is 44.4 Å². The van der Waals surface area contributed by atoms with Gasteiger partial charge >= 0.3 is 0 Å². The lowest BCUT2D eigenvalue weighted by Gasteiger charge is -2.26. The van der Waals surface area contributed by atoms with E-state index < -0.39 is 0 Å². The van der Waals surface area contributed by atoms with Crippen LogP contribution < -0.4 is 10.9 Å². The third kappa shape index (κ3) is 3.50. The predicted octanol–water partition coefficient (Wildman–Crippen LogP) is 1.24. The number of fused-ring (bicyclic) bond motifs is 1. The zero-order valence-corrected chi connectivity index (χ0v) is 12.9. The van der Waals surface area contributed by atoms with Crippen LogP contribution in [0.1, 0.15) is 17.7 Å². The molecule has 1 aliphatic rings. The number of carbonyl (C=O) groups excluding carboxylic acids is 1. The Morgan fingerprint density at radius 3 is 3.04 bits per heavy atom. The van der Waals surface area contributed by atoms with Crippen LogP contribution in [0.5, 0.6) is 0 Å². The van der Waals surface area contributed by atoms with Gasteiger partial charge in [0.05, 0.1) is 5.69 Å². The molecule has 1 aromatic carbocycles. The largest absolute Gasteiger partial charge is 0.326 e. The third-order valence-corrected chi connectivity index (χ3v) is 4.11. The lowest BCUT2D eigenvalue weighted by atomic mass is 10.1. The second-order valence-electron chi connectivity index (χ2n) is 5.76. The summed E-state index contributed by atoms with van der Waals surface area (Å²) in [6, 6.07) is 5.84. The Kier molecular flexibility index (Phi) is 4.29. The van der Waals surface area contributed by atoms with Gasteiger partial charge in [-0.25, -0.2) is 4.39 Å². The number of hydrogen-bond acceptors (Lipinski definition) is 3. The molecule has 0 fully saturated rings. The van der Waals surface area contributed by atoms with E-state index in [1.165, 1.54) is 12.1 Å². The predicted molar refractivity (Wildman–Crippen MR) is 84.7 cm³/mol. The maximum atomic E-state index is 13.1. The van der Waals surface area contributed by atoms with Gasteiger partial charge in [-0.1, -0.05) is 6.07 Å². The van der Waals surface area contributed by atoms with Crippen LogP contribution in [-0.2, 0) is 24.8 Å². The molecule has 0 aliphatic carbocycles. The topological polar surface area (TPSA) is 70.1 Å². The summed E-state index contributed by atoms with van der Waals surface area (Å²) in [5.41, 5.74) is 2.26. The van der Waals surface area contributed by atoms with E-state index in [-0.39, 0.29) is 17.3 Å². The number of hydrogen-bond donors (Lipinski definition) is 2. The van der Waals surface area contributed by atoms with Gasteiger partial charge in [-0.2, -0.15) is 0 Å². The molecule has 0 spiro atoms. The first kappa shape index (κ1) is 15.5. The second kappa shape index (κ2) is 6.37. The minimum absolute atomic E-state index is 0.0222. The number of nitrogens with one attached hydrogen (secondary N) is 2. The molecule has 122 valence electrons. The van der Waals surface area contributed by atoms with E-state index in [4.69, 9.17) is 0 Å². The maximum absolute atomic E-state index is 13.1. The molecule has 7 heteroatoms. The molecule has 0 saturated carbocycles. The van der Waals surface area contributed by atoms with E-state index >= 15 is 0 Å². The van der Waals surface area contributed by atoms with Crippen molar-refractivity contribution in [2.24, 2.45) is 7.05 Å². The van der Waals surface area contributed by atoms with Crippen molar-refractivity contribution in [1.29, 1.82) is 0 Å². The van der Waals surface area contributed by atoms with Gasteiger partial charge in [0.15, 0.2) is 0 Å². The van der Waals surface area contributed by atoms with Crippen LogP contribution >= 0.6 is 0 Å². The number of rotatable bonds is 4. The first-order valence-corrected chi connectivity index (χ1v) is 7.57. The van der Waals surface area contributed by atoms with Crippen LogP contribution in [0.25, 0.3) is 0 Å². The van der Waals surface area contributed by atoms with Crippen molar-refractivity contribution >= 4 is 11.6 Å². The monoisotopic (exact) mass is 318 g/mol. The molecule has 2 heterocycles. The van der Waals surface area contributed by atoms with Crippen LogP contribution in [0.15, 0.2) is 29.1 Å². The summed E-state index contributed by atoms with van der Waals surface area (Å²) in [6.07, 6.45) is 1.02. The number of nitrogens with zero attached hydrogens (tertiary/aromatic N) is 2. The highest BCUT2D eigenvalue weighted by Crippen LogP contribution is 2.15. The summed E-state index contributed by atoms with van der Waals surface area (Å²) >= 11 is 0. The number of amides is 1. The molecule has 0 atom stereocenters. The quantitative estimate of drug-likeness (QED) is 0.891. The van der Waals surface area contributed by atoms with Crippen molar-refractivity contribution in [1.82, 2.24) is 14.7 Å². The number of aromatic amines is 1. The molecule has 1 aromatic heterocycles. The lowest BCUT2D eigenvalue weighted by Crippen LogP contribution is -2.34. The SMILES string of the molecule is Cn1[nH]c(=O)c2c1CN(CCC(=O)Nc1cccc(F)c1)CC2. The molecule has 1 aliphatic heterocycles. The van der Waals surface area contributed by atoms with Crippen LogP contribution in [-0.4, -0.2) is 33.7 Å². The molecular formula is C16H19FN4O2. The molecule has 0 unspecified atom stereocenters. The van der Waals surface area contributed by atoms with Crippen LogP contribution in [0.4, 0.5) is 10.1 Å². The maximum Gasteiger partial charge on any atom is 0.267 e. The Morgan fingerprint density at radius 2 is 2.26 bits per heavy atom. The van der Waals surface area contributed by atoms with Crippen LogP contribution in [0.3, 0.4) is 0 Å². The van der Waals surface area contributed by atoms with Gasteiger partial charge in [0.25, 0.3) is 5.56 Å².